The smallest absolute Gasteiger partial charge is 0.0826 e. The summed E-state index contributed by atoms with van der Waals surface area (Å²) in [5.41, 5.74) is 1.34. The van der Waals surface area contributed by atoms with Crippen molar-refractivity contribution in [2.24, 2.45) is 0 Å². The van der Waals surface area contributed by atoms with Crippen molar-refractivity contribution < 1.29 is 4.74 Å². The van der Waals surface area contributed by atoms with Crippen molar-refractivity contribution in [3.05, 3.63) is 34.9 Å². The molecule has 0 aromatic heterocycles. The number of hydrogen-bond donors (Lipinski definition) is 1. The summed E-state index contributed by atoms with van der Waals surface area (Å²) in [5, 5.41) is 3.99. The first-order valence-electron chi connectivity index (χ1n) is 7.00. The topological polar surface area (TPSA) is 24.5 Å². The average Bonchev–Trinajstić information content (AvgIpc) is 2.43. The van der Waals surface area contributed by atoms with E-state index in [1.165, 1.54) is 5.56 Å². The second kappa shape index (κ2) is 7.25. The lowest BCUT2D eigenvalue weighted by atomic mass is 10.0. The lowest BCUT2D eigenvalue weighted by Gasteiger charge is -2.38. The quantitative estimate of drug-likeness (QED) is 0.899. The highest BCUT2D eigenvalue weighted by atomic mass is 35.5. The zero-order valence-electron chi connectivity index (χ0n) is 11.7. The van der Waals surface area contributed by atoms with Gasteiger partial charge in [-0.15, -0.1) is 0 Å². The molecule has 0 amide bonds. The van der Waals surface area contributed by atoms with Gasteiger partial charge in [-0.1, -0.05) is 30.7 Å². The summed E-state index contributed by atoms with van der Waals surface area (Å²) in [4.78, 5) is 2.52. The van der Waals surface area contributed by atoms with E-state index >= 15 is 0 Å². The summed E-state index contributed by atoms with van der Waals surface area (Å²) in [7, 11) is 1.97. The van der Waals surface area contributed by atoms with Crippen molar-refractivity contribution in [1.82, 2.24) is 10.2 Å². The molecule has 3 nitrogen and oxygen atoms in total. The van der Waals surface area contributed by atoms with Gasteiger partial charge in [0.25, 0.3) is 0 Å². The highest BCUT2D eigenvalue weighted by molar-refractivity contribution is 6.30. The molecule has 0 saturated carbocycles. The van der Waals surface area contributed by atoms with Crippen LogP contribution in [0.1, 0.15) is 24.9 Å². The summed E-state index contributed by atoms with van der Waals surface area (Å²) in [5.74, 6) is 0. The predicted octanol–water partition coefficient (Wildman–Crippen LogP) is 2.71. The van der Waals surface area contributed by atoms with Crippen LogP contribution in [0.4, 0.5) is 0 Å². The lowest BCUT2D eigenvalue weighted by Crippen LogP contribution is -2.47. The zero-order valence-corrected chi connectivity index (χ0v) is 12.5. The number of ether oxygens (including phenoxy) is 1. The Balaban J connectivity index is 2.06. The first-order chi connectivity index (χ1) is 9.24. The molecule has 106 valence electrons. The SMILES string of the molecule is CCC(c1ccc(Cl)cc1)N1CCOC(CNC)C1. The average molecular weight is 283 g/mol. The molecule has 1 fully saturated rings. The molecule has 1 aromatic carbocycles. The Bertz CT molecular complexity index is 380. The Morgan fingerprint density at radius 1 is 1.42 bits per heavy atom. The number of nitrogens with zero attached hydrogens (tertiary/aromatic N) is 1. The molecule has 0 radical (unpaired) electrons. The number of morpholine rings is 1. The molecule has 0 bridgehead atoms. The Morgan fingerprint density at radius 3 is 2.79 bits per heavy atom. The molecule has 19 heavy (non-hydrogen) atoms. The van der Waals surface area contributed by atoms with E-state index in [1.54, 1.807) is 0 Å². The van der Waals surface area contributed by atoms with Crippen LogP contribution < -0.4 is 5.32 Å². The monoisotopic (exact) mass is 282 g/mol. The maximum Gasteiger partial charge on any atom is 0.0826 e. The van der Waals surface area contributed by atoms with E-state index < -0.39 is 0 Å². The molecule has 2 rings (SSSR count). The van der Waals surface area contributed by atoms with E-state index in [4.69, 9.17) is 16.3 Å². The molecule has 0 aliphatic carbocycles. The highest BCUT2D eigenvalue weighted by Crippen LogP contribution is 2.27. The molecule has 2 unspecified atom stereocenters. The normalized spacial score (nSPS) is 22.4. The van der Waals surface area contributed by atoms with E-state index in [0.29, 0.717) is 12.1 Å². The van der Waals surface area contributed by atoms with Crippen molar-refractivity contribution in [3.63, 3.8) is 0 Å². The molecule has 2 atom stereocenters. The molecular weight excluding hydrogens is 260 g/mol. The lowest BCUT2D eigenvalue weighted by molar-refractivity contribution is -0.0423. The number of halogens is 1. The molecule has 1 N–H and O–H groups in total. The van der Waals surface area contributed by atoms with Gasteiger partial charge in [-0.25, -0.2) is 0 Å². The van der Waals surface area contributed by atoms with Crippen LogP contribution in [-0.4, -0.2) is 44.3 Å². The first kappa shape index (κ1) is 14.8. The van der Waals surface area contributed by atoms with Crippen LogP contribution in [0.15, 0.2) is 24.3 Å². The largest absolute Gasteiger partial charge is 0.374 e. The maximum absolute atomic E-state index is 5.97. The minimum Gasteiger partial charge on any atom is -0.374 e. The molecule has 1 saturated heterocycles. The van der Waals surface area contributed by atoms with Crippen molar-refractivity contribution in [1.29, 1.82) is 0 Å². The van der Waals surface area contributed by atoms with Crippen molar-refractivity contribution in [2.45, 2.75) is 25.5 Å². The molecule has 1 heterocycles. The molecule has 1 aliphatic heterocycles. The Morgan fingerprint density at radius 2 is 2.16 bits per heavy atom. The standard InChI is InChI=1S/C15H23ClN2O/c1-3-15(12-4-6-13(16)7-5-12)18-8-9-19-14(11-18)10-17-2/h4-7,14-15,17H,3,8-11H2,1-2H3. The second-order valence-corrected chi connectivity index (χ2v) is 5.46. The van der Waals surface area contributed by atoms with Crippen LogP contribution in [-0.2, 0) is 4.74 Å². The summed E-state index contributed by atoms with van der Waals surface area (Å²) >= 11 is 5.97. The van der Waals surface area contributed by atoms with Gasteiger partial charge in [0.2, 0.25) is 0 Å². The van der Waals surface area contributed by atoms with Crippen LogP contribution in [0.2, 0.25) is 5.02 Å². The summed E-state index contributed by atoms with van der Waals surface area (Å²) < 4.78 is 5.77. The van der Waals surface area contributed by atoms with E-state index in [0.717, 1.165) is 37.7 Å². The number of likely N-dealkylation sites (N-methyl/N-ethyl adjacent to an activating group) is 1. The fourth-order valence-corrected chi connectivity index (χ4v) is 2.89. The van der Waals surface area contributed by atoms with Gasteiger partial charge in [-0.3, -0.25) is 4.90 Å². The number of benzene rings is 1. The molecular formula is C15H23ClN2O. The first-order valence-corrected chi connectivity index (χ1v) is 7.38. The minimum absolute atomic E-state index is 0.292. The van der Waals surface area contributed by atoms with Gasteiger partial charge in [-0.05, 0) is 31.2 Å². The van der Waals surface area contributed by atoms with E-state index in [1.807, 2.05) is 19.2 Å². The fraction of sp³-hybridized carbons (Fsp3) is 0.600. The Labute approximate surface area is 120 Å². The number of rotatable bonds is 5. The molecule has 1 aliphatic rings. The van der Waals surface area contributed by atoms with Crippen molar-refractivity contribution in [2.75, 3.05) is 33.3 Å². The van der Waals surface area contributed by atoms with Gasteiger partial charge in [0.05, 0.1) is 12.7 Å². The second-order valence-electron chi connectivity index (χ2n) is 5.02. The van der Waals surface area contributed by atoms with E-state index in [9.17, 15) is 0 Å². The minimum atomic E-state index is 0.292. The maximum atomic E-state index is 5.97. The summed E-state index contributed by atoms with van der Waals surface area (Å²) in [6.45, 7) is 5.95. The van der Waals surface area contributed by atoms with Gasteiger partial charge >= 0.3 is 0 Å². The number of nitrogens with one attached hydrogen (secondary N) is 1. The third kappa shape index (κ3) is 3.93. The fourth-order valence-electron chi connectivity index (χ4n) is 2.77. The van der Waals surface area contributed by atoms with E-state index in [-0.39, 0.29) is 0 Å². The van der Waals surface area contributed by atoms with Gasteiger partial charge in [-0.2, -0.15) is 0 Å². The van der Waals surface area contributed by atoms with Gasteiger partial charge in [0.1, 0.15) is 0 Å². The van der Waals surface area contributed by atoms with Gasteiger partial charge in [0, 0.05) is 30.7 Å². The van der Waals surface area contributed by atoms with Crippen LogP contribution in [0, 0.1) is 0 Å². The van der Waals surface area contributed by atoms with Crippen LogP contribution >= 0.6 is 11.6 Å². The molecule has 0 spiro atoms. The molecule has 4 heteroatoms. The molecule has 1 aromatic rings. The predicted molar refractivity (Wildman–Crippen MR) is 79.7 cm³/mol. The summed E-state index contributed by atoms with van der Waals surface area (Å²) in [6.07, 6.45) is 1.40. The highest BCUT2D eigenvalue weighted by Gasteiger charge is 2.25. The van der Waals surface area contributed by atoms with Crippen LogP contribution in [0.5, 0.6) is 0 Å². The van der Waals surface area contributed by atoms with Crippen LogP contribution in [0.3, 0.4) is 0 Å². The third-order valence-corrected chi connectivity index (χ3v) is 3.94. The number of hydrogen-bond acceptors (Lipinski definition) is 3. The van der Waals surface area contributed by atoms with Crippen molar-refractivity contribution in [3.8, 4) is 0 Å². The third-order valence-electron chi connectivity index (χ3n) is 3.68. The Kier molecular flexibility index (Phi) is 5.64. The van der Waals surface area contributed by atoms with Gasteiger partial charge in [0.15, 0.2) is 0 Å². The van der Waals surface area contributed by atoms with Crippen LogP contribution in [0.25, 0.3) is 0 Å². The van der Waals surface area contributed by atoms with Crippen molar-refractivity contribution >= 4 is 11.6 Å². The van der Waals surface area contributed by atoms with Gasteiger partial charge < -0.3 is 10.1 Å². The summed E-state index contributed by atoms with van der Waals surface area (Å²) in [6, 6.07) is 8.69. The van der Waals surface area contributed by atoms with E-state index in [2.05, 4.69) is 29.3 Å². The Hall–Kier alpha value is -0.610. The zero-order chi connectivity index (χ0) is 13.7.